The van der Waals surface area contributed by atoms with E-state index in [2.05, 4.69) is 15.4 Å². The Morgan fingerprint density at radius 3 is 2.60 bits per heavy atom. The SMILES string of the molecule is Fc1ccc(OCc2nc([C@@H]3CCCCN3)n(CC(F)(F)F)n2)cc1. The van der Waals surface area contributed by atoms with Gasteiger partial charge in [0.15, 0.2) is 5.82 Å². The van der Waals surface area contributed by atoms with Crippen LogP contribution in [0.25, 0.3) is 0 Å². The Morgan fingerprint density at radius 2 is 1.96 bits per heavy atom. The summed E-state index contributed by atoms with van der Waals surface area (Å²) >= 11 is 0. The summed E-state index contributed by atoms with van der Waals surface area (Å²) in [5, 5.41) is 7.13. The first-order valence-electron chi connectivity index (χ1n) is 8.03. The topological polar surface area (TPSA) is 52.0 Å². The summed E-state index contributed by atoms with van der Waals surface area (Å²) < 4.78 is 57.6. The molecule has 25 heavy (non-hydrogen) atoms. The average Bonchev–Trinajstić information content (AvgIpc) is 2.96. The zero-order valence-electron chi connectivity index (χ0n) is 13.4. The van der Waals surface area contributed by atoms with Gasteiger partial charge in [-0.25, -0.2) is 14.1 Å². The minimum Gasteiger partial charge on any atom is -0.486 e. The Hall–Kier alpha value is -2.16. The molecule has 5 nitrogen and oxygen atoms in total. The van der Waals surface area contributed by atoms with Gasteiger partial charge in [0.25, 0.3) is 0 Å². The lowest BCUT2D eigenvalue weighted by Crippen LogP contribution is -2.31. The van der Waals surface area contributed by atoms with Crippen molar-refractivity contribution in [1.29, 1.82) is 0 Å². The van der Waals surface area contributed by atoms with Crippen molar-refractivity contribution >= 4 is 0 Å². The summed E-state index contributed by atoms with van der Waals surface area (Å²) in [7, 11) is 0. The molecule has 0 aliphatic carbocycles. The number of nitrogens with zero attached hydrogens (tertiary/aromatic N) is 3. The van der Waals surface area contributed by atoms with Crippen LogP contribution in [-0.4, -0.2) is 27.5 Å². The molecule has 1 aromatic carbocycles. The van der Waals surface area contributed by atoms with Crippen LogP contribution in [0.15, 0.2) is 24.3 Å². The summed E-state index contributed by atoms with van der Waals surface area (Å²) in [6.45, 7) is -0.536. The zero-order chi connectivity index (χ0) is 17.9. The number of aromatic nitrogens is 3. The van der Waals surface area contributed by atoms with Crippen LogP contribution < -0.4 is 10.1 Å². The Labute approximate surface area is 142 Å². The third-order valence-corrected chi connectivity index (χ3v) is 3.88. The number of hydrogen-bond acceptors (Lipinski definition) is 4. The monoisotopic (exact) mass is 358 g/mol. The maximum Gasteiger partial charge on any atom is 0.408 e. The van der Waals surface area contributed by atoms with Gasteiger partial charge in [-0.2, -0.15) is 18.3 Å². The van der Waals surface area contributed by atoms with Crippen molar-refractivity contribution in [3.8, 4) is 5.75 Å². The quantitative estimate of drug-likeness (QED) is 0.833. The minimum absolute atomic E-state index is 0.0871. The van der Waals surface area contributed by atoms with Crippen LogP contribution in [-0.2, 0) is 13.2 Å². The van der Waals surface area contributed by atoms with E-state index in [1.165, 1.54) is 24.3 Å². The third-order valence-electron chi connectivity index (χ3n) is 3.88. The van der Waals surface area contributed by atoms with Crippen molar-refractivity contribution in [2.24, 2.45) is 0 Å². The van der Waals surface area contributed by atoms with E-state index < -0.39 is 18.5 Å². The molecule has 0 radical (unpaired) electrons. The largest absolute Gasteiger partial charge is 0.486 e. The number of piperidine rings is 1. The number of hydrogen-bond donors (Lipinski definition) is 1. The number of benzene rings is 1. The van der Waals surface area contributed by atoms with E-state index in [1.54, 1.807) is 0 Å². The molecule has 1 N–H and O–H groups in total. The second kappa shape index (κ2) is 7.38. The Balaban J connectivity index is 1.75. The second-order valence-electron chi connectivity index (χ2n) is 5.90. The van der Waals surface area contributed by atoms with E-state index in [-0.39, 0.29) is 24.3 Å². The fourth-order valence-corrected chi connectivity index (χ4v) is 2.76. The number of ether oxygens (including phenoxy) is 1. The number of alkyl halides is 3. The standard InChI is InChI=1S/C16H18F4N4O/c17-11-4-6-12(7-5-11)25-9-14-22-15(13-3-1-2-8-21-13)24(23-14)10-16(18,19)20/h4-7,13,21H,1-3,8-10H2/t13-/m0/s1. The summed E-state index contributed by atoms with van der Waals surface area (Å²) in [6.07, 6.45) is -1.75. The van der Waals surface area contributed by atoms with Crippen LogP contribution in [0.5, 0.6) is 5.75 Å². The lowest BCUT2D eigenvalue weighted by atomic mass is 10.0. The van der Waals surface area contributed by atoms with Crippen molar-refractivity contribution < 1.29 is 22.3 Å². The van der Waals surface area contributed by atoms with Crippen LogP contribution in [0.3, 0.4) is 0 Å². The Kier molecular flexibility index (Phi) is 5.22. The van der Waals surface area contributed by atoms with Crippen LogP contribution in [0.4, 0.5) is 17.6 Å². The van der Waals surface area contributed by atoms with Crippen molar-refractivity contribution in [3.63, 3.8) is 0 Å². The van der Waals surface area contributed by atoms with E-state index in [1.807, 2.05) is 0 Å². The molecule has 0 amide bonds. The van der Waals surface area contributed by atoms with Crippen LogP contribution in [0.2, 0.25) is 0 Å². The minimum atomic E-state index is -4.38. The lowest BCUT2D eigenvalue weighted by molar-refractivity contribution is -0.143. The highest BCUT2D eigenvalue weighted by molar-refractivity contribution is 5.22. The third kappa shape index (κ3) is 4.91. The molecule has 1 aliphatic rings. The summed E-state index contributed by atoms with van der Waals surface area (Å²) in [5.41, 5.74) is 0. The van der Waals surface area contributed by atoms with Crippen LogP contribution >= 0.6 is 0 Å². The predicted molar refractivity (Wildman–Crippen MR) is 81.4 cm³/mol. The first-order valence-corrected chi connectivity index (χ1v) is 8.03. The molecule has 3 rings (SSSR count). The maximum absolute atomic E-state index is 12.9. The fourth-order valence-electron chi connectivity index (χ4n) is 2.76. The normalized spacial score (nSPS) is 18.3. The molecule has 1 atom stereocenters. The smallest absolute Gasteiger partial charge is 0.408 e. The van der Waals surface area contributed by atoms with Gasteiger partial charge in [-0.3, -0.25) is 0 Å². The second-order valence-corrected chi connectivity index (χ2v) is 5.90. The van der Waals surface area contributed by atoms with Gasteiger partial charge in [0, 0.05) is 0 Å². The first kappa shape index (κ1) is 17.7. The van der Waals surface area contributed by atoms with Gasteiger partial charge in [-0.1, -0.05) is 6.42 Å². The molecule has 136 valence electrons. The Morgan fingerprint density at radius 1 is 1.20 bits per heavy atom. The molecular weight excluding hydrogens is 340 g/mol. The molecule has 1 saturated heterocycles. The highest BCUT2D eigenvalue weighted by Gasteiger charge is 2.32. The summed E-state index contributed by atoms with van der Waals surface area (Å²) in [6, 6.07) is 5.10. The summed E-state index contributed by atoms with van der Waals surface area (Å²) in [4.78, 5) is 4.24. The molecule has 2 heterocycles. The van der Waals surface area contributed by atoms with Crippen molar-refractivity contribution in [2.75, 3.05) is 6.54 Å². The molecule has 0 bridgehead atoms. The number of rotatable bonds is 5. The molecule has 0 spiro atoms. The van der Waals surface area contributed by atoms with Gasteiger partial charge in [0.1, 0.15) is 30.5 Å². The van der Waals surface area contributed by atoms with E-state index in [0.717, 1.165) is 30.5 Å². The highest BCUT2D eigenvalue weighted by Crippen LogP contribution is 2.25. The van der Waals surface area contributed by atoms with Gasteiger partial charge < -0.3 is 10.1 Å². The van der Waals surface area contributed by atoms with Crippen molar-refractivity contribution in [2.45, 2.75) is 44.6 Å². The van der Waals surface area contributed by atoms with E-state index in [0.29, 0.717) is 5.75 Å². The van der Waals surface area contributed by atoms with Crippen molar-refractivity contribution in [1.82, 2.24) is 20.1 Å². The van der Waals surface area contributed by atoms with Crippen molar-refractivity contribution in [3.05, 3.63) is 41.7 Å². The maximum atomic E-state index is 12.9. The molecule has 2 aromatic rings. The molecule has 0 unspecified atom stereocenters. The van der Waals surface area contributed by atoms with Gasteiger partial charge in [-0.15, -0.1) is 0 Å². The van der Waals surface area contributed by atoms with Gasteiger partial charge in [-0.05, 0) is 43.7 Å². The highest BCUT2D eigenvalue weighted by atomic mass is 19.4. The predicted octanol–water partition coefficient (Wildman–Crippen LogP) is 3.37. The molecule has 1 fully saturated rings. The lowest BCUT2D eigenvalue weighted by Gasteiger charge is -2.23. The summed E-state index contributed by atoms with van der Waals surface area (Å²) in [5.74, 6) is 0.433. The van der Waals surface area contributed by atoms with Gasteiger partial charge >= 0.3 is 6.18 Å². The zero-order valence-corrected chi connectivity index (χ0v) is 13.4. The van der Waals surface area contributed by atoms with Crippen LogP contribution in [0.1, 0.15) is 37.0 Å². The molecule has 1 aliphatic heterocycles. The van der Waals surface area contributed by atoms with E-state index in [4.69, 9.17) is 4.74 Å². The van der Waals surface area contributed by atoms with Gasteiger partial charge in [0.2, 0.25) is 0 Å². The van der Waals surface area contributed by atoms with Gasteiger partial charge in [0.05, 0.1) is 6.04 Å². The number of nitrogens with one attached hydrogen (secondary N) is 1. The molecule has 1 aromatic heterocycles. The fraction of sp³-hybridized carbons (Fsp3) is 0.500. The van der Waals surface area contributed by atoms with E-state index in [9.17, 15) is 17.6 Å². The number of halogens is 4. The average molecular weight is 358 g/mol. The molecule has 9 heteroatoms. The van der Waals surface area contributed by atoms with Crippen LogP contribution in [0, 0.1) is 5.82 Å². The molecule has 0 saturated carbocycles. The Bertz CT molecular complexity index is 693. The molecular formula is C16H18F4N4O. The first-order chi connectivity index (χ1) is 11.9. The van der Waals surface area contributed by atoms with E-state index >= 15 is 0 Å².